The van der Waals surface area contributed by atoms with Crippen molar-refractivity contribution in [1.82, 2.24) is 9.88 Å². The highest BCUT2D eigenvalue weighted by atomic mass is 16.2. The molecule has 96 valence electrons. The molecule has 4 heteroatoms. The maximum atomic E-state index is 12.2. The second kappa shape index (κ2) is 4.98. The van der Waals surface area contributed by atoms with Gasteiger partial charge in [0.15, 0.2) is 0 Å². The van der Waals surface area contributed by atoms with Crippen LogP contribution in [0.5, 0.6) is 0 Å². The first-order chi connectivity index (χ1) is 8.54. The van der Waals surface area contributed by atoms with Crippen LogP contribution in [0.25, 0.3) is 0 Å². The summed E-state index contributed by atoms with van der Waals surface area (Å²) in [5.41, 5.74) is -0.0993. The van der Waals surface area contributed by atoms with E-state index < -0.39 is 5.41 Å². The molecule has 1 aromatic rings. The van der Waals surface area contributed by atoms with Crippen LogP contribution < -0.4 is 0 Å². The molecule has 0 saturated carbocycles. The Hall–Kier alpha value is -1.55. The quantitative estimate of drug-likeness (QED) is 0.749. The van der Waals surface area contributed by atoms with Crippen LogP contribution >= 0.6 is 0 Å². The number of rotatable bonds is 3. The fourth-order valence-corrected chi connectivity index (χ4v) is 2.56. The number of ketones is 2. The third-order valence-electron chi connectivity index (χ3n) is 3.68. The Bertz CT molecular complexity index is 458. The van der Waals surface area contributed by atoms with Crippen LogP contribution in [0.2, 0.25) is 0 Å². The number of pyridine rings is 1. The Morgan fingerprint density at radius 1 is 1.50 bits per heavy atom. The molecule has 1 atom stereocenters. The molecule has 0 bridgehead atoms. The van der Waals surface area contributed by atoms with E-state index in [-0.39, 0.29) is 11.6 Å². The van der Waals surface area contributed by atoms with E-state index >= 15 is 0 Å². The van der Waals surface area contributed by atoms with Crippen LogP contribution in [0, 0.1) is 5.41 Å². The first kappa shape index (κ1) is 12.9. The summed E-state index contributed by atoms with van der Waals surface area (Å²) in [5.74, 6) is 0.00320. The number of Topliss-reactive ketones (excluding diaryl/α,β-unsaturated/α-hetero) is 2. The molecule has 1 aliphatic rings. The number of aromatic nitrogens is 1. The van der Waals surface area contributed by atoms with Crippen molar-refractivity contribution in [2.24, 2.45) is 5.41 Å². The number of nitrogens with zero attached hydrogens (tertiary/aromatic N) is 2. The van der Waals surface area contributed by atoms with Crippen molar-refractivity contribution in [2.45, 2.75) is 19.8 Å². The Morgan fingerprint density at radius 3 is 2.89 bits per heavy atom. The Morgan fingerprint density at radius 2 is 2.28 bits per heavy atom. The second-order valence-corrected chi connectivity index (χ2v) is 5.05. The lowest BCUT2D eigenvalue weighted by Gasteiger charge is -2.38. The number of hydrogen-bond donors (Lipinski definition) is 0. The largest absolute Gasteiger partial charge is 0.304 e. The van der Waals surface area contributed by atoms with Crippen LogP contribution in [0.3, 0.4) is 0 Å². The summed E-state index contributed by atoms with van der Waals surface area (Å²) in [6.07, 6.45) is 2.55. The minimum absolute atomic E-state index is 0.0512. The van der Waals surface area contributed by atoms with Crippen molar-refractivity contribution in [3.63, 3.8) is 0 Å². The molecule has 0 aromatic carbocycles. The number of carbonyl (C=O) groups excluding carboxylic acids is 2. The second-order valence-electron chi connectivity index (χ2n) is 5.05. The number of piperidine rings is 1. The van der Waals surface area contributed by atoms with E-state index in [9.17, 15) is 9.59 Å². The van der Waals surface area contributed by atoms with Crippen molar-refractivity contribution in [2.75, 3.05) is 20.1 Å². The minimum atomic E-state index is -0.901. The molecule has 2 heterocycles. The molecule has 1 saturated heterocycles. The smallest absolute Gasteiger partial charge is 0.149 e. The van der Waals surface area contributed by atoms with Gasteiger partial charge in [-0.15, -0.1) is 0 Å². The van der Waals surface area contributed by atoms with Crippen LogP contribution in [-0.2, 0) is 16.0 Å². The minimum Gasteiger partial charge on any atom is -0.304 e. The monoisotopic (exact) mass is 246 g/mol. The van der Waals surface area contributed by atoms with Gasteiger partial charge in [0.2, 0.25) is 0 Å². The van der Waals surface area contributed by atoms with Gasteiger partial charge < -0.3 is 4.90 Å². The predicted molar refractivity (Wildman–Crippen MR) is 68.2 cm³/mol. The molecule has 1 fully saturated rings. The average Bonchev–Trinajstić information content (AvgIpc) is 2.35. The number of likely N-dealkylation sites (tertiary alicyclic amines) is 1. The summed E-state index contributed by atoms with van der Waals surface area (Å²) in [7, 11) is 1.95. The molecule has 1 unspecified atom stereocenters. The van der Waals surface area contributed by atoms with E-state index in [4.69, 9.17) is 0 Å². The fraction of sp³-hybridized carbons (Fsp3) is 0.500. The molecule has 2 rings (SSSR count). The molecule has 0 spiro atoms. The number of carbonyl (C=O) groups is 2. The van der Waals surface area contributed by atoms with Crippen molar-refractivity contribution in [1.29, 1.82) is 0 Å². The summed E-state index contributed by atoms with van der Waals surface area (Å²) in [4.78, 5) is 30.5. The van der Waals surface area contributed by atoms with Crippen LogP contribution in [0.15, 0.2) is 24.4 Å². The molecule has 0 N–H and O–H groups in total. The lowest BCUT2D eigenvalue weighted by atomic mass is 9.72. The average molecular weight is 246 g/mol. The lowest BCUT2D eigenvalue weighted by molar-refractivity contribution is -0.144. The molecule has 0 amide bonds. The van der Waals surface area contributed by atoms with Gasteiger partial charge in [0.05, 0.1) is 0 Å². The molecule has 1 aromatic heterocycles. The van der Waals surface area contributed by atoms with Gasteiger partial charge in [-0.2, -0.15) is 0 Å². The summed E-state index contributed by atoms with van der Waals surface area (Å²) in [6.45, 7) is 2.74. The standard InChI is InChI=1S/C14H18N2O2/c1-11(17)14(9-12-5-3-4-7-15-12)10-16(2)8-6-13(14)18/h3-5,7H,6,8-10H2,1-2H3. The summed E-state index contributed by atoms with van der Waals surface area (Å²) < 4.78 is 0. The maximum Gasteiger partial charge on any atom is 0.149 e. The van der Waals surface area contributed by atoms with Gasteiger partial charge >= 0.3 is 0 Å². The van der Waals surface area contributed by atoms with Gasteiger partial charge in [-0.3, -0.25) is 14.6 Å². The Labute approximate surface area is 107 Å². The third-order valence-corrected chi connectivity index (χ3v) is 3.68. The normalized spacial score (nSPS) is 25.1. The zero-order chi connectivity index (χ0) is 13.2. The SMILES string of the molecule is CC(=O)C1(Cc2ccccn2)CN(C)CCC1=O. The van der Waals surface area contributed by atoms with E-state index in [1.165, 1.54) is 6.92 Å². The van der Waals surface area contributed by atoms with Crippen LogP contribution in [0.4, 0.5) is 0 Å². The van der Waals surface area contributed by atoms with Gasteiger partial charge in [0.25, 0.3) is 0 Å². The zero-order valence-corrected chi connectivity index (χ0v) is 10.8. The van der Waals surface area contributed by atoms with Crippen LogP contribution in [-0.4, -0.2) is 41.6 Å². The number of hydrogen-bond acceptors (Lipinski definition) is 4. The van der Waals surface area contributed by atoms with Crippen LogP contribution in [0.1, 0.15) is 19.0 Å². The van der Waals surface area contributed by atoms with E-state index in [0.717, 1.165) is 12.2 Å². The highest BCUT2D eigenvalue weighted by molar-refractivity contribution is 6.07. The van der Waals surface area contributed by atoms with Gasteiger partial charge in [0.1, 0.15) is 17.0 Å². The summed E-state index contributed by atoms with van der Waals surface area (Å²) >= 11 is 0. The van der Waals surface area contributed by atoms with E-state index in [1.807, 2.05) is 30.1 Å². The topological polar surface area (TPSA) is 50.3 Å². The maximum absolute atomic E-state index is 12.2. The first-order valence-electron chi connectivity index (χ1n) is 6.17. The van der Waals surface area contributed by atoms with Gasteiger partial charge in [-0.25, -0.2) is 0 Å². The van der Waals surface area contributed by atoms with Gasteiger partial charge in [-0.05, 0) is 26.1 Å². The lowest BCUT2D eigenvalue weighted by Crippen LogP contribution is -2.53. The van der Waals surface area contributed by atoms with E-state index in [0.29, 0.717) is 19.4 Å². The van der Waals surface area contributed by atoms with E-state index in [2.05, 4.69) is 4.98 Å². The molecular formula is C14H18N2O2. The molecule has 0 radical (unpaired) electrons. The zero-order valence-electron chi connectivity index (χ0n) is 10.8. The van der Waals surface area contributed by atoms with Gasteiger partial charge in [0, 0.05) is 37.8 Å². The van der Waals surface area contributed by atoms with E-state index in [1.54, 1.807) is 6.20 Å². The highest BCUT2D eigenvalue weighted by Gasteiger charge is 2.46. The fourth-order valence-electron chi connectivity index (χ4n) is 2.56. The molecule has 4 nitrogen and oxygen atoms in total. The molecule has 0 aliphatic carbocycles. The third kappa shape index (κ3) is 2.34. The molecule has 1 aliphatic heterocycles. The molecule has 18 heavy (non-hydrogen) atoms. The van der Waals surface area contributed by atoms with Crippen molar-refractivity contribution in [3.05, 3.63) is 30.1 Å². The van der Waals surface area contributed by atoms with Crippen molar-refractivity contribution >= 4 is 11.6 Å². The summed E-state index contributed by atoms with van der Waals surface area (Å²) in [5, 5.41) is 0. The Balaban J connectivity index is 2.32. The van der Waals surface area contributed by atoms with Crippen molar-refractivity contribution < 1.29 is 9.59 Å². The molecular weight excluding hydrogens is 228 g/mol. The summed E-state index contributed by atoms with van der Waals surface area (Å²) in [6, 6.07) is 5.58. The van der Waals surface area contributed by atoms with Gasteiger partial charge in [-0.1, -0.05) is 6.07 Å². The highest BCUT2D eigenvalue weighted by Crippen LogP contribution is 2.30. The predicted octanol–water partition coefficient (Wildman–Crippen LogP) is 1.10. The first-order valence-corrected chi connectivity index (χ1v) is 6.17. The Kier molecular flexibility index (Phi) is 3.57. The van der Waals surface area contributed by atoms with Crippen molar-refractivity contribution in [3.8, 4) is 0 Å².